The van der Waals surface area contributed by atoms with Crippen LogP contribution < -0.4 is 10.6 Å². The number of nitrogens with one attached hydrogen (secondary N) is 2. The van der Waals surface area contributed by atoms with Crippen LogP contribution in [0.2, 0.25) is 0 Å². The molecule has 24 N–H and O–H groups in total. The number of ether oxygens (including phenoxy) is 15. The summed E-state index contributed by atoms with van der Waals surface area (Å²) in [6.07, 6.45) is -71.6. The minimum absolute atomic E-state index is 0.806. The molecule has 8 heterocycles. The van der Waals surface area contributed by atoms with Crippen LogP contribution in [0, 0.1) is 0 Å². The standard InChI is InChI=1S/C51H86N2O39/c1-11-23(61)30(68)36(74)48(80-11)90-41-22(53-13(3)60)44(77)81-18(8-58)40(41)89-45-21(52-12(2)59)29(67)39(17(7-57)85-45)88-51-43(92-49-34(72)26(64)16(6-56)84-49)33(71)27(65)19(87-51)9-79-47-38(76)42(91-50-37(75)32(70)25(63)15(5-55)83-50)28(66)20(86-47)10-78-46-35(73)31(69)24(62)14(4-54)82-46/h11,14-51,54-58,61-77H,4-10H2,1-3H3,(H,52,59)(H,53,60)/t11-,14+,15+,16+,17+,18+,19+,20+,21+,22+,23+,24+,25+,26-,27+,28+,29+,30+,31-,32-,33-,34+,35-,36-,37-,38-,39+,40+,41+,42-,43-,44?,45-,46-,47-,48-,49-,50+,51-/m0/s1. The summed E-state index contributed by atoms with van der Waals surface area (Å²) in [5.41, 5.74) is 0. The molecule has 0 radical (unpaired) electrons. The number of aliphatic hydroxyl groups excluding tert-OH is 22. The van der Waals surface area contributed by atoms with E-state index in [1.165, 1.54) is 6.92 Å². The summed E-state index contributed by atoms with van der Waals surface area (Å²) in [6.45, 7) is -3.56. The molecule has 0 aromatic heterocycles. The third-order valence-electron chi connectivity index (χ3n) is 17.0. The molecule has 8 aliphatic heterocycles. The van der Waals surface area contributed by atoms with Crippen molar-refractivity contribution >= 4 is 11.8 Å². The SMILES string of the molecule is CC(=O)N[C@H]1[C@H](O[C@H]2[C@H](O[C@@H]3O[C@@H](C)[C@@H](O)[C@@H](O)[C@@H]3O)[C@@H](NC(C)=O)C(O)O[C@@H]2CO)O[C@H](CO)[C@@H](O[C@@H]2O[C@H](CO[C@H]3O[C@H](CO[C@H]4O[C@H](CO)[C@@H](O)[C@H](O)[C@@H]4O)[C@@H](O)[C@H](O[C@H]4O[C@H](CO)[C@@H](O)[C@H](O)[C@@H]4O)[C@@H]3O)[C@@H](O)[C@H](O)[C@@H]2O[C@@H]2O[C@H](CO)[C@H](O)[C@H]2O)[C@@H]1O. The molecule has 8 rings (SSSR count). The molecule has 0 aromatic rings. The predicted molar refractivity (Wildman–Crippen MR) is 280 cm³/mol. The van der Waals surface area contributed by atoms with Crippen LogP contribution in [0.4, 0.5) is 0 Å². The van der Waals surface area contributed by atoms with Crippen molar-refractivity contribution in [3.05, 3.63) is 0 Å². The highest BCUT2D eigenvalue weighted by molar-refractivity contribution is 5.73. The van der Waals surface area contributed by atoms with Gasteiger partial charge in [-0.1, -0.05) is 0 Å². The van der Waals surface area contributed by atoms with E-state index >= 15 is 0 Å². The normalized spacial score (nSPS) is 51.1. The van der Waals surface area contributed by atoms with Crippen LogP contribution in [0.5, 0.6) is 0 Å². The van der Waals surface area contributed by atoms with Crippen molar-refractivity contribution in [2.24, 2.45) is 0 Å². The van der Waals surface area contributed by atoms with Gasteiger partial charge in [-0.25, -0.2) is 0 Å². The summed E-state index contributed by atoms with van der Waals surface area (Å²) in [4.78, 5) is 25.5. The lowest BCUT2D eigenvalue weighted by atomic mass is 9.93. The van der Waals surface area contributed by atoms with Gasteiger partial charge in [-0.3, -0.25) is 9.59 Å². The fraction of sp³-hybridized carbons (Fsp3) is 0.961. The van der Waals surface area contributed by atoms with E-state index in [0.29, 0.717) is 0 Å². The maximum absolute atomic E-state index is 13.0. The molecular formula is C51H86N2O39. The minimum Gasteiger partial charge on any atom is -0.394 e. The van der Waals surface area contributed by atoms with Crippen LogP contribution >= 0.6 is 0 Å². The van der Waals surface area contributed by atoms with Crippen LogP contribution in [-0.4, -0.2) is 410 Å². The molecule has 2 amide bonds. The Hall–Kier alpha value is -2.54. The molecule has 8 fully saturated rings. The molecule has 8 saturated heterocycles. The summed E-state index contributed by atoms with van der Waals surface area (Å²) in [5.74, 6) is -1.72. The Balaban J connectivity index is 1.07. The fourth-order valence-electron chi connectivity index (χ4n) is 11.8. The maximum Gasteiger partial charge on any atom is 0.217 e. The van der Waals surface area contributed by atoms with Crippen molar-refractivity contribution in [1.82, 2.24) is 10.6 Å². The summed E-state index contributed by atoms with van der Waals surface area (Å²) in [5, 5.41) is 243. The van der Waals surface area contributed by atoms with Crippen molar-refractivity contribution in [2.75, 3.05) is 46.2 Å². The summed E-state index contributed by atoms with van der Waals surface area (Å²) < 4.78 is 87.2. The van der Waals surface area contributed by atoms with Gasteiger partial charge in [0.2, 0.25) is 11.8 Å². The van der Waals surface area contributed by atoms with Crippen molar-refractivity contribution in [3.63, 3.8) is 0 Å². The van der Waals surface area contributed by atoms with Gasteiger partial charge in [0.25, 0.3) is 0 Å². The number of hydrogen-bond acceptors (Lipinski definition) is 39. The topological polar surface area (TPSA) is 642 Å². The second-order valence-corrected chi connectivity index (χ2v) is 23.4. The lowest BCUT2D eigenvalue weighted by Crippen LogP contribution is -2.71. The Morgan fingerprint density at radius 1 is 0.304 bits per heavy atom. The average Bonchev–Trinajstić information content (AvgIpc) is 0.827. The van der Waals surface area contributed by atoms with E-state index in [-0.39, 0.29) is 0 Å². The monoisotopic (exact) mass is 1350 g/mol. The number of rotatable bonds is 23. The highest BCUT2D eigenvalue weighted by Gasteiger charge is 2.59. The first kappa shape index (κ1) is 75.2. The zero-order valence-electron chi connectivity index (χ0n) is 49.2. The van der Waals surface area contributed by atoms with Gasteiger partial charge in [-0.2, -0.15) is 0 Å². The number of aliphatic hydroxyl groups is 22. The number of carbonyl (C=O) groups excluding carboxylic acids is 2. The Kier molecular flexibility index (Phi) is 26.5. The second kappa shape index (κ2) is 32.4. The highest BCUT2D eigenvalue weighted by Crippen LogP contribution is 2.38. The van der Waals surface area contributed by atoms with E-state index in [9.17, 15) is 122 Å². The van der Waals surface area contributed by atoms with Crippen molar-refractivity contribution < 1.29 is 193 Å². The van der Waals surface area contributed by atoms with Gasteiger partial charge in [-0.05, 0) is 6.92 Å². The maximum atomic E-state index is 13.0. The summed E-state index contributed by atoms with van der Waals surface area (Å²) in [7, 11) is 0. The van der Waals surface area contributed by atoms with Crippen LogP contribution in [0.25, 0.3) is 0 Å². The molecule has 41 nitrogen and oxygen atoms in total. The quantitative estimate of drug-likeness (QED) is 0.0452. The van der Waals surface area contributed by atoms with E-state index in [1.807, 2.05) is 0 Å². The largest absolute Gasteiger partial charge is 0.394 e. The molecule has 0 spiro atoms. The Labute approximate surface area is 521 Å². The molecule has 92 heavy (non-hydrogen) atoms. The molecule has 8 aliphatic rings. The zero-order valence-corrected chi connectivity index (χ0v) is 49.2. The molecule has 39 atom stereocenters. The Bertz CT molecular complexity index is 2310. The van der Waals surface area contributed by atoms with E-state index in [4.69, 9.17) is 71.1 Å². The predicted octanol–water partition coefficient (Wildman–Crippen LogP) is -16.5. The van der Waals surface area contributed by atoms with Gasteiger partial charge in [0.1, 0.15) is 183 Å². The van der Waals surface area contributed by atoms with Crippen molar-refractivity contribution in [3.8, 4) is 0 Å². The average molecular weight is 1350 g/mol. The van der Waals surface area contributed by atoms with E-state index in [2.05, 4.69) is 10.6 Å². The molecular weight excluding hydrogens is 1260 g/mol. The molecule has 41 heteroatoms. The van der Waals surface area contributed by atoms with E-state index in [1.54, 1.807) is 0 Å². The summed E-state index contributed by atoms with van der Waals surface area (Å²) in [6, 6.07) is -3.58. The van der Waals surface area contributed by atoms with E-state index in [0.717, 1.165) is 13.8 Å². The van der Waals surface area contributed by atoms with Crippen molar-refractivity contribution in [1.29, 1.82) is 0 Å². The van der Waals surface area contributed by atoms with Gasteiger partial charge < -0.3 is 194 Å². The smallest absolute Gasteiger partial charge is 0.217 e. The Morgan fingerprint density at radius 2 is 0.663 bits per heavy atom. The number of hydrogen-bond donors (Lipinski definition) is 24. The van der Waals surface area contributed by atoms with Crippen LogP contribution in [0.1, 0.15) is 20.8 Å². The van der Waals surface area contributed by atoms with Gasteiger partial charge in [-0.15, -0.1) is 0 Å². The number of carbonyl (C=O) groups is 2. The molecule has 0 bridgehead atoms. The first-order valence-electron chi connectivity index (χ1n) is 29.4. The molecule has 1 unspecified atom stereocenters. The van der Waals surface area contributed by atoms with Gasteiger partial charge in [0, 0.05) is 13.8 Å². The van der Waals surface area contributed by atoms with Crippen LogP contribution in [-0.2, 0) is 80.6 Å². The van der Waals surface area contributed by atoms with Crippen LogP contribution in [0.15, 0.2) is 0 Å². The number of amides is 2. The van der Waals surface area contributed by atoms with Crippen molar-refractivity contribution in [2.45, 2.75) is 260 Å². The van der Waals surface area contributed by atoms with E-state index < -0.39 is 297 Å². The van der Waals surface area contributed by atoms with Crippen LogP contribution in [0.3, 0.4) is 0 Å². The van der Waals surface area contributed by atoms with Gasteiger partial charge in [0.05, 0.1) is 52.4 Å². The molecule has 0 aliphatic carbocycles. The first-order valence-corrected chi connectivity index (χ1v) is 29.4. The zero-order chi connectivity index (χ0) is 67.6. The minimum atomic E-state index is -2.31. The fourth-order valence-corrected chi connectivity index (χ4v) is 11.8. The third-order valence-corrected chi connectivity index (χ3v) is 17.0. The second-order valence-electron chi connectivity index (χ2n) is 23.4. The highest BCUT2D eigenvalue weighted by atomic mass is 16.8. The van der Waals surface area contributed by atoms with Gasteiger partial charge in [0.15, 0.2) is 50.3 Å². The lowest BCUT2D eigenvalue weighted by Gasteiger charge is -2.51. The van der Waals surface area contributed by atoms with Gasteiger partial charge >= 0.3 is 0 Å². The molecule has 0 saturated carbocycles. The third kappa shape index (κ3) is 16.1. The Morgan fingerprint density at radius 3 is 1.20 bits per heavy atom. The first-order chi connectivity index (χ1) is 43.5. The molecule has 534 valence electrons. The molecule has 0 aromatic carbocycles. The lowest BCUT2D eigenvalue weighted by molar-refractivity contribution is -0.386. The summed E-state index contributed by atoms with van der Waals surface area (Å²) >= 11 is 0.